The number of hydrogen-bond acceptors (Lipinski definition) is 3. The zero-order valence-corrected chi connectivity index (χ0v) is 13.4. The fourth-order valence-electron chi connectivity index (χ4n) is 2.24. The Labute approximate surface area is 127 Å². The molecule has 2 rings (SSSR count). The summed E-state index contributed by atoms with van der Waals surface area (Å²) < 4.78 is 7.86. The van der Waals surface area contributed by atoms with E-state index in [1.54, 1.807) is 0 Å². The van der Waals surface area contributed by atoms with Gasteiger partial charge in [0.1, 0.15) is 5.75 Å². The maximum absolute atomic E-state index is 6.04. The number of nitrogens with zero attached hydrogens (tertiary/aromatic N) is 2. The number of aromatic nitrogens is 2. The molecule has 0 aliphatic rings. The predicted molar refractivity (Wildman–Crippen MR) is 85.6 cm³/mol. The van der Waals surface area contributed by atoms with E-state index in [9.17, 15) is 0 Å². The zero-order valence-electron chi connectivity index (χ0n) is 13.4. The summed E-state index contributed by atoms with van der Waals surface area (Å²) >= 11 is 0. The lowest BCUT2D eigenvalue weighted by molar-refractivity contribution is 0.315. The molecular formula is C17H25N3O. The molecule has 114 valence electrons. The molecule has 0 spiro atoms. The van der Waals surface area contributed by atoms with Crippen molar-refractivity contribution in [1.82, 2.24) is 15.1 Å². The summed E-state index contributed by atoms with van der Waals surface area (Å²) in [5.74, 6) is 1.01. The zero-order chi connectivity index (χ0) is 15.2. The van der Waals surface area contributed by atoms with E-state index in [0.29, 0.717) is 12.6 Å². The van der Waals surface area contributed by atoms with Crippen LogP contribution in [0.25, 0.3) is 0 Å². The average molecular weight is 287 g/mol. The molecule has 1 heterocycles. The Bertz CT molecular complexity index is 575. The maximum Gasteiger partial charge on any atom is 0.126 e. The van der Waals surface area contributed by atoms with Gasteiger partial charge >= 0.3 is 0 Å². The van der Waals surface area contributed by atoms with Gasteiger partial charge in [-0.15, -0.1) is 0 Å². The van der Waals surface area contributed by atoms with Crippen LogP contribution in [-0.4, -0.2) is 22.4 Å². The Morgan fingerprint density at radius 3 is 2.81 bits per heavy atom. The van der Waals surface area contributed by atoms with Crippen LogP contribution < -0.4 is 10.1 Å². The number of ether oxygens (including phenoxy) is 1. The second-order valence-electron chi connectivity index (χ2n) is 5.72. The van der Waals surface area contributed by atoms with Gasteiger partial charge in [-0.3, -0.25) is 4.68 Å². The van der Waals surface area contributed by atoms with Gasteiger partial charge in [-0.2, -0.15) is 5.10 Å². The summed E-state index contributed by atoms with van der Waals surface area (Å²) in [5, 5.41) is 7.62. The number of hydrogen-bond donors (Lipinski definition) is 1. The first kappa shape index (κ1) is 15.6. The van der Waals surface area contributed by atoms with Crippen molar-refractivity contribution in [2.24, 2.45) is 7.05 Å². The van der Waals surface area contributed by atoms with Gasteiger partial charge in [-0.05, 0) is 18.1 Å². The summed E-state index contributed by atoms with van der Waals surface area (Å²) in [7, 11) is 1.93. The largest absolute Gasteiger partial charge is 0.493 e. The Balaban J connectivity index is 1.97. The summed E-state index contributed by atoms with van der Waals surface area (Å²) in [6.45, 7) is 7.91. The summed E-state index contributed by atoms with van der Waals surface area (Å²) in [5.41, 5.74) is 3.60. The molecule has 4 nitrogen and oxygen atoms in total. The van der Waals surface area contributed by atoms with Crippen LogP contribution >= 0.6 is 0 Å². The molecule has 1 N–H and O–H groups in total. The molecule has 4 heteroatoms. The van der Waals surface area contributed by atoms with Gasteiger partial charge in [-0.25, -0.2) is 0 Å². The Morgan fingerprint density at radius 1 is 1.33 bits per heavy atom. The van der Waals surface area contributed by atoms with Gasteiger partial charge in [-0.1, -0.05) is 32.0 Å². The SMILES string of the molecule is Cc1cccc(CNC(C)C)c1OCCc1cnn(C)c1. The van der Waals surface area contributed by atoms with E-state index in [-0.39, 0.29) is 0 Å². The Morgan fingerprint density at radius 2 is 2.14 bits per heavy atom. The van der Waals surface area contributed by atoms with Gasteiger partial charge in [0.05, 0.1) is 12.8 Å². The fraction of sp³-hybridized carbons (Fsp3) is 0.471. The third kappa shape index (κ3) is 4.60. The van der Waals surface area contributed by atoms with Crippen molar-refractivity contribution in [3.63, 3.8) is 0 Å². The minimum atomic E-state index is 0.466. The molecule has 0 saturated carbocycles. The first-order chi connectivity index (χ1) is 10.1. The normalized spacial score (nSPS) is 11.1. The molecule has 0 atom stereocenters. The Hall–Kier alpha value is -1.81. The quantitative estimate of drug-likeness (QED) is 0.851. The second kappa shape index (κ2) is 7.27. The van der Waals surface area contributed by atoms with Crippen LogP contribution in [0.5, 0.6) is 5.75 Å². The molecule has 0 bridgehead atoms. The second-order valence-corrected chi connectivity index (χ2v) is 5.72. The van der Waals surface area contributed by atoms with Crippen LogP contribution in [0.1, 0.15) is 30.5 Å². The third-order valence-corrected chi connectivity index (χ3v) is 3.39. The first-order valence-corrected chi connectivity index (χ1v) is 7.48. The number of aryl methyl sites for hydroxylation is 2. The lowest BCUT2D eigenvalue weighted by atomic mass is 10.1. The number of benzene rings is 1. The predicted octanol–water partition coefficient (Wildman–Crippen LogP) is 2.85. The highest BCUT2D eigenvalue weighted by molar-refractivity contribution is 5.40. The number of rotatable bonds is 7. The molecule has 0 unspecified atom stereocenters. The molecule has 0 radical (unpaired) electrons. The number of para-hydroxylation sites is 1. The molecular weight excluding hydrogens is 262 g/mol. The third-order valence-electron chi connectivity index (χ3n) is 3.39. The minimum absolute atomic E-state index is 0.466. The summed E-state index contributed by atoms with van der Waals surface area (Å²) in [6, 6.07) is 6.77. The molecule has 0 aliphatic heterocycles. The van der Waals surface area contributed by atoms with E-state index in [1.807, 2.05) is 24.1 Å². The van der Waals surface area contributed by atoms with E-state index < -0.39 is 0 Å². The van der Waals surface area contributed by atoms with Crippen LogP contribution in [0.4, 0.5) is 0 Å². The van der Waals surface area contributed by atoms with E-state index in [0.717, 1.165) is 18.7 Å². The van der Waals surface area contributed by atoms with Crippen molar-refractivity contribution in [2.45, 2.75) is 39.8 Å². The van der Waals surface area contributed by atoms with Gasteiger partial charge in [0, 0.05) is 37.8 Å². The molecule has 0 amide bonds. The first-order valence-electron chi connectivity index (χ1n) is 7.48. The van der Waals surface area contributed by atoms with Gasteiger partial charge in [0.2, 0.25) is 0 Å². The van der Waals surface area contributed by atoms with Crippen molar-refractivity contribution >= 4 is 0 Å². The molecule has 1 aromatic heterocycles. The highest BCUT2D eigenvalue weighted by Gasteiger charge is 2.08. The van der Waals surface area contributed by atoms with Crippen molar-refractivity contribution in [1.29, 1.82) is 0 Å². The molecule has 1 aromatic carbocycles. The summed E-state index contributed by atoms with van der Waals surface area (Å²) in [6.07, 6.45) is 4.80. The van der Waals surface area contributed by atoms with Crippen LogP contribution in [-0.2, 0) is 20.0 Å². The highest BCUT2D eigenvalue weighted by atomic mass is 16.5. The monoisotopic (exact) mass is 287 g/mol. The minimum Gasteiger partial charge on any atom is -0.493 e. The topological polar surface area (TPSA) is 39.1 Å². The van der Waals surface area contributed by atoms with Crippen molar-refractivity contribution in [3.05, 3.63) is 47.3 Å². The van der Waals surface area contributed by atoms with Gasteiger partial charge < -0.3 is 10.1 Å². The smallest absolute Gasteiger partial charge is 0.126 e. The van der Waals surface area contributed by atoms with Gasteiger partial charge in [0.15, 0.2) is 0 Å². The van der Waals surface area contributed by atoms with Crippen molar-refractivity contribution in [2.75, 3.05) is 6.61 Å². The van der Waals surface area contributed by atoms with Gasteiger partial charge in [0.25, 0.3) is 0 Å². The standard InChI is InChI=1S/C17H25N3O/c1-13(2)18-11-16-7-5-6-14(3)17(16)21-9-8-15-10-19-20(4)12-15/h5-7,10,12-13,18H,8-9,11H2,1-4H3. The highest BCUT2D eigenvalue weighted by Crippen LogP contribution is 2.23. The lowest BCUT2D eigenvalue weighted by Gasteiger charge is -2.15. The molecule has 21 heavy (non-hydrogen) atoms. The Kier molecular flexibility index (Phi) is 5.39. The molecule has 0 saturated heterocycles. The average Bonchev–Trinajstić information content (AvgIpc) is 2.84. The van der Waals surface area contributed by atoms with Crippen LogP contribution in [0, 0.1) is 6.92 Å². The maximum atomic E-state index is 6.04. The van der Waals surface area contributed by atoms with Crippen molar-refractivity contribution < 1.29 is 4.74 Å². The van der Waals surface area contributed by atoms with Crippen LogP contribution in [0.3, 0.4) is 0 Å². The van der Waals surface area contributed by atoms with Crippen LogP contribution in [0.15, 0.2) is 30.6 Å². The van der Waals surface area contributed by atoms with E-state index in [2.05, 4.69) is 49.4 Å². The summed E-state index contributed by atoms with van der Waals surface area (Å²) in [4.78, 5) is 0. The molecule has 2 aromatic rings. The molecule has 0 fully saturated rings. The fourth-order valence-corrected chi connectivity index (χ4v) is 2.24. The van der Waals surface area contributed by atoms with E-state index in [4.69, 9.17) is 4.74 Å². The van der Waals surface area contributed by atoms with Crippen molar-refractivity contribution in [3.8, 4) is 5.75 Å². The van der Waals surface area contributed by atoms with Crippen LogP contribution in [0.2, 0.25) is 0 Å². The molecule has 0 aliphatic carbocycles. The lowest BCUT2D eigenvalue weighted by Crippen LogP contribution is -2.22. The van der Waals surface area contributed by atoms with E-state index in [1.165, 1.54) is 16.7 Å². The van der Waals surface area contributed by atoms with E-state index >= 15 is 0 Å². The number of nitrogens with one attached hydrogen (secondary N) is 1.